The lowest BCUT2D eigenvalue weighted by Gasteiger charge is -2.18. The molecule has 2 rings (SSSR count). The van der Waals surface area contributed by atoms with Crippen molar-refractivity contribution >= 4 is 46.7 Å². The summed E-state index contributed by atoms with van der Waals surface area (Å²) in [6.07, 6.45) is 2.33. The van der Waals surface area contributed by atoms with Crippen LogP contribution < -0.4 is 10.6 Å². The number of ether oxygens (including phenoxy) is 2. The molecule has 0 fully saturated rings. The molecule has 0 radical (unpaired) electrons. The summed E-state index contributed by atoms with van der Waals surface area (Å²) in [7, 11) is 2.55. The lowest BCUT2D eigenvalue weighted by atomic mass is 10.1. The highest BCUT2D eigenvalue weighted by Crippen LogP contribution is 2.23. The predicted octanol–water partition coefficient (Wildman–Crippen LogP) is 2.18. The first-order valence-corrected chi connectivity index (χ1v) is 8.46. The minimum Gasteiger partial charge on any atom is -0.469 e. The van der Waals surface area contributed by atoms with Crippen molar-refractivity contribution < 1.29 is 23.9 Å². The van der Waals surface area contributed by atoms with E-state index < -0.39 is 29.9 Å². The number of benzene rings is 1. The molecule has 3 atom stereocenters. The molecule has 9 heteroatoms. The fourth-order valence-electron chi connectivity index (χ4n) is 2.56. The first kappa shape index (κ1) is 20.2. The minimum absolute atomic E-state index is 0.342. The van der Waals surface area contributed by atoms with Crippen molar-refractivity contribution in [1.29, 1.82) is 0 Å². The van der Waals surface area contributed by atoms with Crippen LogP contribution in [0, 0.1) is 5.92 Å². The molecular formula is C17H18Cl2N2O5. The second kappa shape index (κ2) is 9.02. The lowest BCUT2D eigenvalue weighted by Crippen LogP contribution is -2.47. The largest absolute Gasteiger partial charge is 0.469 e. The van der Waals surface area contributed by atoms with Crippen molar-refractivity contribution in [2.75, 3.05) is 19.5 Å². The minimum atomic E-state index is -1.38. The number of rotatable bonds is 6. The molecule has 1 aliphatic rings. The number of nitrogens with one attached hydrogen (secondary N) is 2. The second-order valence-corrected chi connectivity index (χ2v) is 6.50. The molecule has 1 aromatic carbocycles. The Morgan fingerprint density at radius 3 is 2.31 bits per heavy atom. The zero-order valence-electron chi connectivity index (χ0n) is 14.1. The molecule has 26 heavy (non-hydrogen) atoms. The van der Waals surface area contributed by atoms with Gasteiger partial charge in [0.05, 0.1) is 13.0 Å². The molecule has 0 saturated heterocycles. The van der Waals surface area contributed by atoms with Gasteiger partial charge in [0.25, 0.3) is 11.8 Å². The maximum absolute atomic E-state index is 12.3. The van der Waals surface area contributed by atoms with Crippen LogP contribution in [0.15, 0.2) is 30.4 Å². The van der Waals surface area contributed by atoms with E-state index in [1.165, 1.54) is 32.4 Å². The third kappa shape index (κ3) is 5.20. The van der Waals surface area contributed by atoms with E-state index in [0.29, 0.717) is 22.2 Å². The summed E-state index contributed by atoms with van der Waals surface area (Å²) in [4.78, 5) is 36.2. The maximum atomic E-state index is 12.3. The topological polar surface area (TPSA) is 93.7 Å². The second-order valence-electron chi connectivity index (χ2n) is 5.63. The van der Waals surface area contributed by atoms with Gasteiger partial charge in [0, 0.05) is 28.9 Å². The molecule has 1 unspecified atom stereocenters. The molecule has 2 amide bonds. The number of carbonyl (C=O) groups is 3. The lowest BCUT2D eigenvalue weighted by molar-refractivity contribution is -0.144. The average molecular weight is 401 g/mol. The Balaban J connectivity index is 1.96. The quantitative estimate of drug-likeness (QED) is 0.433. The maximum Gasteiger partial charge on any atom is 0.312 e. The summed E-state index contributed by atoms with van der Waals surface area (Å²) in [5.74, 6) is -2.10. The van der Waals surface area contributed by atoms with E-state index in [2.05, 4.69) is 15.4 Å². The summed E-state index contributed by atoms with van der Waals surface area (Å²) in [6.45, 7) is 0. The summed E-state index contributed by atoms with van der Waals surface area (Å²) in [5, 5.41) is 5.87. The number of hydrogen-bond donors (Lipinski definition) is 2. The van der Waals surface area contributed by atoms with E-state index in [1.54, 1.807) is 12.2 Å². The Labute approximate surface area is 160 Å². The molecule has 0 heterocycles. The first-order chi connectivity index (χ1) is 12.3. The van der Waals surface area contributed by atoms with Crippen LogP contribution in [0.25, 0.3) is 0 Å². The van der Waals surface area contributed by atoms with E-state index in [1.807, 2.05) is 0 Å². The van der Waals surface area contributed by atoms with Gasteiger partial charge in [-0.15, -0.1) is 0 Å². The zero-order chi connectivity index (χ0) is 19.3. The van der Waals surface area contributed by atoms with E-state index in [0.717, 1.165) is 0 Å². The standard InChI is InChI=1S/C17H18Cl2N2O5/c1-25-14(16(23)21-13-7-10(18)6-11(19)8-13)15(22)20-12-4-3-9(5-12)17(24)26-2/h3-4,6-9,12,14H,5H2,1-2H3,(H,20,22)(H,21,23)/t9-,12+,14?/m1/s1. The number of hydrogen-bond acceptors (Lipinski definition) is 5. The summed E-state index contributed by atoms with van der Waals surface area (Å²) >= 11 is 11.8. The predicted molar refractivity (Wildman–Crippen MR) is 97.1 cm³/mol. The van der Waals surface area contributed by atoms with Crippen LogP contribution in [0.5, 0.6) is 0 Å². The molecule has 7 nitrogen and oxygen atoms in total. The van der Waals surface area contributed by atoms with Crippen molar-refractivity contribution in [1.82, 2.24) is 5.32 Å². The smallest absolute Gasteiger partial charge is 0.312 e. The number of esters is 1. The van der Waals surface area contributed by atoms with Crippen LogP contribution in [0.3, 0.4) is 0 Å². The highest BCUT2D eigenvalue weighted by atomic mass is 35.5. The molecule has 0 spiro atoms. The van der Waals surface area contributed by atoms with Crippen LogP contribution >= 0.6 is 23.2 Å². The molecule has 0 bridgehead atoms. The van der Waals surface area contributed by atoms with Gasteiger partial charge in [-0.25, -0.2) is 0 Å². The van der Waals surface area contributed by atoms with Gasteiger partial charge in [-0.3, -0.25) is 14.4 Å². The SMILES string of the molecule is COC(=O)[C@@H]1C=C[C@H](NC(=O)C(OC)C(=O)Nc2cc(Cl)cc(Cl)c2)C1. The van der Waals surface area contributed by atoms with Crippen molar-refractivity contribution in [3.63, 3.8) is 0 Å². The Bertz CT molecular complexity index is 718. The highest BCUT2D eigenvalue weighted by Gasteiger charge is 2.31. The van der Waals surface area contributed by atoms with Crippen LogP contribution in [0.2, 0.25) is 10.0 Å². The monoisotopic (exact) mass is 400 g/mol. The molecule has 2 N–H and O–H groups in total. The Hall–Kier alpha value is -2.09. The van der Waals surface area contributed by atoms with E-state index >= 15 is 0 Å². The van der Waals surface area contributed by atoms with Gasteiger partial charge in [-0.2, -0.15) is 0 Å². The fourth-order valence-corrected chi connectivity index (χ4v) is 3.08. The van der Waals surface area contributed by atoms with Gasteiger partial charge in [-0.1, -0.05) is 35.4 Å². The van der Waals surface area contributed by atoms with Gasteiger partial charge >= 0.3 is 5.97 Å². The molecule has 1 aromatic rings. The first-order valence-electron chi connectivity index (χ1n) is 7.70. The normalized spacial score (nSPS) is 19.7. The molecule has 1 aliphatic carbocycles. The summed E-state index contributed by atoms with van der Waals surface area (Å²) in [5.41, 5.74) is 0.342. The number of halogens is 2. The number of methoxy groups -OCH3 is 2. The Kier molecular flexibility index (Phi) is 7.02. The van der Waals surface area contributed by atoms with Crippen molar-refractivity contribution in [3.05, 3.63) is 40.4 Å². The van der Waals surface area contributed by atoms with Crippen LogP contribution in [0.4, 0.5) is 5.69 Å². The van der Waals surface area contributed by atoms with Gasteiger partial charge in [0.2, 0.25) is 6.10 Å². The molecule has 0 saturated carbocycles. The van der Waals surface area contributed by atoms with Crippen LogP contribution in [0.1, 0.15) is 6.42 Å². The Morgan fingerprint density at radius 1 is 1.08 bits per heavy atom. The van der Waals surface area contributed by atoms with Gasteiger partial charge in [0.15, 0.2) is 0 Å². The third-order valence-corrected chi connectivity index (χ3v) is 4.19. The van der Waals surface area contributed by atoms with Crippen LogP contribution in [-0.4, -0.2) is 44.1 Å². The highest BCUT2D eigenvalue weighted by molar-refractivity contribution is 6.35. The van der Waals surface area contributed by atoms with Gasteiger partial charge in [-0.05, 0) is 24.6 Å². The molecular weight excluding hydrogens is 383 g/mol. The summed E-state index contributed by atoms with van der Waals surface area (Å²) in [6, 6.07) is 4.12. The fraction of sp³-hybridized carbons (Fsp3) is 0.353. The Morgan fingerprint density at radius 2 is 1.73 bits per heavy atom. The average Bonchev–Trinajstić information content (AvgIpc) is 3.02. The third-order valence-electron chi connectivity index (χ3n) is 3.76. The molecule has 0 aliphatic heterocycles. The van der Waals surface area contributed by atoms with E-state index in [9.17, 15) is 14.4 Å². The van der Waals surface area contributed by atoms with Gasteiger partial charge < -0.3 is 20.1 Å². The molecule has 140 valence electrons. The van der Waals surface area contributed by atoms with Crippen molar-refractivity contribution in [3.8, 4) is 0 Å². The van der Waals surface area contributed by atoms with E-state index in [-0.39, 0.29) is 5.97 Å². The number of anilines is 1. The van der Waals surface area contributed by atoms with Crippen LogP contribution in [-0.2, 0) is 23.9 Å². The number of amides is 2. The van der Waals surface area contributed by atoms with Crippen molar-refractivity contribution in [2.45, 2.75) is 18.6 Å². The summed E-state index contributed by atoms with van der Waals surface area (Å²) < 4.78 is 9.67. The van der Waals surface area contributed by atoms with E-state index in [4.69, 9.17) is 27.9 Å². The zero-order valence-corrected chi connectivity index (χ0v) is 15.6. The molecule has 0 aromatic heterocycles. The van der Waals surface area contributed by atoms with Crippen molar-refractivity contribution in [2.24, 2.45) is 5.92 Å². The number of carbonyl (C=O) groups excluding carboxylic acids is 3. The van der Waals surface area contributed by atoms with Gasteiger partial charge in [0.1, 0.15) is 0 Å².